The normalized spacial score (nSPS) is 19.1. The summed E-state index contributed by atoms with van der Waals surface area (Å²) in [6.07, 6.45) is 7.40. The molecule has 0 atom stereocenters. The van der Waals surface area contributed by atoms with Gasteiger partial charge in [0, 0.05) is 29.9 Å². The third kappa shape index (κ3) is 5.66. The van der Waals surface area contributed by atoms with Crippen LogP contribution in [0.3, 0.4) is 0 Å². The van der Waals surface area contributed by atoms with Crippen LogP contribution in [0.15, 0.2) is 36.7 Å². The van der Waals surface area contributed by atoms with Crippen molar-refractivity contribution in [3.05, 3.63) is 52.9 Å². The van der Waals surface area contributed by atoms with Crippen LogP contribution in [0.2, 0.25) is 5.02 Å². The molecule has 1 aromatic carbocycles. The Morgan fingerprint density at radius 1 is 1.26 bits per heavy atom. The van der Waals surface area contributed by atoms with E-state index in [-0.39, 0.29) is 29.6 Å². The molecule has 1 aliphatic rings. The molecule has 140 valence electrons. The summed E-state index contributed by atoms with van der Waals surface area (Å²) >= 11 is 5.97. The highest BCUT2D eigenvalue weighted by atomic mass is 35.5. The van der Waals surface area contributed by atoms with Gasteiger partial charge in [-0.15, -0.1) is 0 Å². The molecule has 1 aliphatic carbocycles. The van der Waals surface area contributed by atoms with E-state index in [2.05, 4.69) is 15.3 Å². The van der Waals surface area contributed by atoms with Gasteiger partial charge in [-0.05, 0) is 49.8 Å². The van der Waals surface area contributed by atoms with Crippen molar-refractivity contribution in [1.29, 1.82) is 5.26 Å². The first kappa shape index (κ1) is 19.1. The van der Waals surface area contributed by atoms with E-state index in [1.807, 2.05) is 30.3 Å². The highest BCUT2D eigenvalue weighted by Gasteiger charge is 2.24. The van der Waals surface area contributed by atoms with Crippen molar-refractivity contribution in [2.75, 3.05) is 0 Å². The summed E-state index contributed by atoms with van der Waals surface area (Å²) in [5.41, 5.74) is 1.26. The second-order valence-corrected chi connectivity index (χ2v) is 7.05. The number of aryl methyl sites for hydroxylation is 1. The minimum absolute atomic E-state index is 0.00610. The Bertz CT molecular complexity index is 829. The van der Waals surface area contributed by atoms with Gasteiger partial charge in [-0.3, -0.25) is 4.79 Å². The molecule has 1 aromatic heterocycles. The number of aromatic nitrogens is 2. The van der Waals surface area contributed by atoms with E-state index in [9.17, 15) is 4.79 Å². The van der Waals surface area contributed by atoms with Crippen molar-refractivity contribution >= 4 is 17.5 Å². The van der Waals surface area contributed by atoms with Crippen molar-refractivity contribution in [3.8, 4) is 11.9 Å². The predicted octanol–water partition coefficient (Wildman–Crippen LogP) is 3.44. The topological polar surface area (TPSA) is 87.9 Å². The first-order chi connectivity index (χ1) is 13.1. The van der Waals surface area contributed by atoms with Crippen molar-refractivity contribution in [3.63, 3.8) is 0 Å². The molecule has 1 heterocycles. The number of hydrogen-bond acceptors (Lipinski definition) is 5. The monoisotopic (exact) mass is 384 g/mol. The molecule has 1 fully saturated rings. The standard InChI is InChI=1S/C20H21ClN4O2/c21-15-3-1-2-14(12-15)4-9-19(26)25-16-5-7-17(8-6-16)27-20-18(13-22)23-10-11-24-20/h1-3,10-12,16-17H,4-9H2,(H,25,26). The van der Waals surface area contributed by atoms with E-state index in [1.54, 1.807) is 0 Å². The average molecular weight is 385 g/mol. The van der Waals surface area contributed by atoms with E-state index in [1.165, 1.54) is 12.4 Å². The quantitative estimate of drug-likeness (QED) is 0.824. The van der Waals surface area contributed by atoms with Crippen LogP contribution >= 0.6 is 11.6 Å². The first-order valence-corrected chi connectivity index (χ1v) is 9.43. The summed E-state index contributed by atoms with van der Waals surface area (Å²) in [6, 6.07) is 9.73. The zero-order valence-electron chi connectivity index (χ0n) is 14.9. The van der Waals surface area contributed by atoms with Crippen LogP contribution in [0.5, 0.6) is 5.88 Å². The van der Waals surface area contributed by atoms with E-state index in [4.69, 9.17) is 21.6 Å². The molecule has 1 saturated carbocycles. The minimum Gasteiger partial charge on any atom is -0.472 e. The number of nitrogens with zero attached hydrogens (tertiary/aromatic N) is 3. The Kier molecular flexibility index (Phi) is 6.61. The second kappa shape index (κ2) is 9.33. The summed E-state index contributed by atoms with van der Waals surface area (Å²) in [7, 11) is 0. The lowest BCUT2D eigenvalue weighted by atomic mass is 9.92. The van der Waals surface area contributed by atoms with Crippen molar-refractivity contribution in [2.45, 2.75) is 50.7 Å². The van der Waals surface area contributed by atoms with Gasteiger partial charge in [-0.25, -0.2) is 9.97 Å². The van der Waals surface area contributed by atoms with Gasteiger partial charge in [-0.2, -0.15) is 5.26 Å². The number of ether oxygens (including phenoxy) is 1. The van der Waals surface area contributed by atoms with Crippen LogP contribution in [0.4, 0.5) is 0 Å². The Labute approximate surface area is 163 Å². The summed E-state index contributed by atoms with van der Waals surface area (Å²) in [5, 5.41) is 12.8. The molecular formula is C20H21ClN4O2. The van der Waals surface area contributed by atoms with Crippen LogP contribution in [-0.2, 0) is 11.2 Å². The van der Waals surface area contributed by atoms with Crippen LogP contribution in [0, 0.1) is 11.3 Å². The van der Waals surface area contributed by atoms with Crippen molar-refractivity contribution in [2.24, 2.45) is 0 Å². The fraction of sp³-hybridized carbons (Fsp3) is 0.400. The number of carbonyl (C=O) groups excluding carboxylic acids is 1. The lowest BCUT2D eigenvalue weighted by molar-refractivity contribution is -0.122. The molecule has 6 nitrogen and oxygen atoms in total. The number of halogens is 1. The molecule has 0 saturated heterocycles. The number of nitrogens with one attached hydrogen (secondary N) is 1. The molecule has 1 N–H and O–H groups in total. The highest BCUT2D eigenvalue weighted by Crippen LogP contribution is 2.24. The molecule has 27 heavy (non-hydrogen) atoms. The number of amides is 1. The molecule has 2 aromatic rings. The SMILES string of the molecule is N#Cc1nccnc1OC1CCC(NC(=O)CCc2cccc(Cl)c2)CC1. The highest BCUT2D eigenvalue weighted by molar-refractivity contribution is 6.30. The third-order valence-electron chi connectivity index (χ3n) is 4.62. The maximum absolute atomic E-state index is 12.2. The molecular weight excluding hydrogens is 364 g/mol. The van der Waals surface area contributed by atoms with Crippen LogP contribution < -0.4 is 10.1 Å². The van der Waals surface area contributed by atoms with Crippen molar-refractivity contribution < 1.29 is 9.53 Å². The summed E-state index contributed by atoms with van der Waals surface area (Å²) < 4.78 is 5.83. The fourth-order valence-corrected chi connectivity index (χ4v) is 3.43. The van der Waals surface area contributed by atoms with Gasteiger partial charge < -0.3 is 10.1 Å². The molecule has 0 bridgehead atoms. The summed E-state index contributed by atoms with van der Waals surface area (Å²) in [6.45, 7) is 0. The lowest BCUT2D eigenvalue weighted by Crippen LogP contribution is -2.39. The maximum Gasteiger partial charge on any atom is 0.251 e. The smallest absolute Gasteiger partial charge is 0.251 e. The first-order valence-electron chi connectivity index (χ1n) is 9.05. The number of benzene rings is 1. The average Bonchev–Trinajstić information content (AvgIpc) is 2.68. The number of hydrogen-bond donors (Lipinski definition) is 1. The minimum atomic E-state index is -0.00610. The number of nitriles is 1. The zero-order chi connectivity index (χ0) is 19.1. The largest absolute Gasteiger partial charge is 0.472 e. The molecule has 0 spiro atoms. The van der Waals surface area contributed by atoms with Gasteiger partial charge in [0.15, 0.2) is 0 Å². The van der Waals surface area contributed by atoms with Gasteiger partial charge in [0.1, 0.15) is 12.2 Å². The molecule has 3 rings (SSSR count). The Morgan fingerprint density at radius 3 is 2.78 bits per heavy atom. The number of rotatable bonds is 6. The van der Waals surface area contributed by atoms with Gasteiger partial charge in [0.05, 0.1) is 0 Å². The van der Waals surface area contributed by atoms with E-state index in [0.29, 0.717) is 17.9 Å². The lowest BCUT2D eigenvalue weighted by Gasteiger charge is -2.29. The van der Waals surface area contributed by atoms with Gasteiger partial charge in [0.25, 0.3) is 5.88 Å². The van der Waals surface area contributed by atoms with E-state index < -0.39 is 0 Å². The number of carbonyl (C=O) groups is 1. The van der Waals surface area contributed by atoms with Crippen molar-refractivity contribution in [1.82, 2.24) is 15.3 Å². The Morgan fingerprint density at radius 2 is 2.04 bits per heavy atom. The van der Waals surface area contributed by atoms with Crippen LogP contribution in [0.1, 0.15) is 43.4 Å². The molecule has 0 aliphatic heterocycles. The molecule has 7 heteroatoms. The fourth-order valence-electron chi connectivity index (χ4n) is 3.22. The van der Waals surface area contributed by atoms with Gasteiger partial charge in [0.2, 0.25) is 11.6 Å². The maximum atomic E-state index is 12.2. The van der Waals surface area contributed by atoms with Crippen LogP contribution in [0.25, 0.3) is 0 Å². The molecule has 1 amide bonds. The van der Waals surface area contributed by atoms with E-state index >= 15 is 0 Å². The Balaban J connectivity index is 1.41. The Hall–Kier alpha value is -2.65. The second-order valence-electron chi connectivity index (χ2n) is 6.61. The van der Waals surface area contributed by atoms with E-state index in [0.717, 1.165) is 31.2 Å². The molecule has 0 radical (unpaired) electrons. The van der Waals surface area contributed by atoms with Gasteiger partial charge in [-0.1, -0.05) is 23.7 Å². The summed E-state index contributed by atoms with van der Waals surface area (Å²) in [4.78, 5) is 20.2. The predicted molar refractivity (Wildman–Crippen MR) is 101 cm³/mol. The summed E-state index contributed by atoms with van der Waals surface area (Å²) in [5.74, 6) is 0.342. The third-order valence-corrected chi connectivity index (χ3v) is 4.85. The molecule has 0 unspecified atom stereocenters. The van der Waals surface area contributed by atoms with Crippen LogP contribution in [-0.4, -0.2) is 28.0 Å². The zero-order valence-corrected chi connectivity index (χ0v) is 15.7. The van der Waals surface area contributed by atoms with Gasteiger partial charge >= 0.3 is 0 Å².